The minimum Gasteiger partial charge on any atom is -0.390 e. The molecule has 0 amide bonds. The Morgan fingerprint density at radius 2 is 1.74 bits per heavy atom. The van der Waals surface area contributed by atoms with Gasteiger partial charge in [0.15, 0.2) is 0 Å². The summed E-state index contributed by atoms with van der Waals surface area (Å²) in [4.78, 5) is 11.0. The zero-order chi connectivity index (χ0) is 14.3. The zero-order valence-corrected chi connectivity index (χ0v) is 9.82. The molecule has 2 nitrogen and oxygen atoms in total. The first-order valence-electron chi connectivity index (χ1n) is 4.87. The fourth-order valence-electron chi connectivity index (χ4n) is 1.31. The molecule has 1 aromatic carbocycles. The lowest BCUT2D eigenvalue weighted by Crippen LogP contribution is -2.40. The van der Waals surface area contributed by atoms with E-state index in [0.717, 1.165) is 11.3 Å². The average Bonchev–Trinajstić information content (AvgIpc) is 2.70. The molecule has 0 radical (unpaired) electrons. The molecule has 0 aliphatic carbocycles. The summed E-state index contributed by atoms with van der Waals surface area (Å²) in [5.41, 5.74) is 0. The molecule has 2 rings (SSSR count). The predicted octanol–water partition coefficient (Wildman–Crippen LogP) is 4.21. The highest BCUT2D eigenvalue weighted by atomic mass is 32.1. The molecule has 102 valence electrons. The summed E-state index contributed by atoms with van der Waals surface area (Å²) in [6.07, 6.45) is -11.4. The second-order valence-corrected chi connectivity index (χ2v) is 4.64. The van der Waals surface area contributed by atoms with Gasteiger partial charge in [0.2, 0.25) is 0 Å². The zero-order valence-electron chi connectivity index (χ0n) is 9.00. The quantitative estimate of drug-likeness (QED) is 0.613. The molecule has 2 aromatic rings. The highest BCUT2D eigenvalue weighted by Crippen LogP contribution is 2.37. The Kier molecular flexibility index (Phi) is 3.21. The van der Waals surface area contributed by atoms with Crippen molar-refractivity contribution >= 4 is 27.4 Å². The summed E-state index contributed by atoms with van der Waals surface area (Å²) in [6.45, 7) is 0. The lowest BCUT2D eigenvalue weighted by atomic mass is 10.2. The van der Waals surface area contributed by atoms with Gasteiger partial charge in [0.1, 0.15) is 4.88 Å². The molecule has 19 heavy (non-hydrogen) atoms. The number of thiophene rings is 1. The average molecular weight is 296 g/mol. The number of ether oxygens (including phenoxy) is 1. The van der Waals surface area contributed by atoms with E-state index < -0.39 is 18.3 Å². The van der Waals surface area contributed by atoms with Crippen molar-refractivity contribution in [2.75, 3.05) is 0 Å². The van der Waals surface area contributed by atoms with Crippen molar-refractivity contribution in [1.29, 1.82) is 0 Å². The third-order valence-electron chi connectivity index (χ3n) is 2.18. The Labute approximate surface area is 107 Å². The molecule has 0 bridgehead atoms. The van der Waals surface area contributed by atoms with Crippen molar-refractivity contribution in [3.63, 3.8) is 0 Å². The number of halogens is 5. The molecule has 0 N–H and O–H groups in total. The third kappa shape index (κ3) is 2.67. The standard InChI is InChI=1S/C11H5F5O2S/c12-10(13,14)11(15,16)18-9(17)8-5-6-3-1-2-4-7(6)19-8/h1-5H. The Hall–Kier alpha value is -1.70. The number of rotatable bonds is 2. The van der Waals surface area contributed by atoms with Gasteiger partial charge in [-0.2, -0.15) is 22.0 Å². The smallest absolute Gasteiger partial charge is 0.390 e. The summed E-state index contributed by atoms with van der Waals surface area (Å²) in [5, 5.41) is 0.565. The summed E-state index contributed by atoms with van der Waals surface area (Å²) >= 11 is 0.781. The van der Waals surface area contributed by atoms with Gasteiger partial charge in [-0.25, -0.2) is 4.79 Å². The van der Waals surface area contributed by atoms with Crippen molar-refractivity contribution in [3.8, 4) is 0 Å². The summed E-state index contributed by atoms with van der Waals surface area (Å²) in [5.74, 6) is -1.71. The van der Waals surface area contributed by atoms with Gasteiger partial charge in [-0.3, -0.25) is 0 Å². The van der Waals surface area contributed by atoms with Gasteiger partial charge in [-0.1, -0.05) is 18.2 Å². The van der Waals surface area contributed by atoms with Gasteiger partial charge in [-0.15, -0.1) is 11.3 Å². The first kappa shape index (κ1) is 13.7. The molecule has 1 heterocycles. The van der Waals surface area contributed by atoms with E-state index in [1.54, 1.807) is 24.3 Å². The van der Waals surface area contributed by atoms with Gasteiger partial charge in [0, 0.05) is 4.70 Å². The van der Waals surface area contributed by atoms with Gasteiger partial charge in [-0.05, 0) is 17.5 Å². The van der Waals surface area contributed by atoms with E-state index in [1.807, 2.05) is 0 Å². The van der Waals surface area contributed by atoms with E-state index >= 15 is 0 Å². The van der Waals surface area contributed by atoms with Crippen LogP contribution in [-0.4, -0.2) is 18.3 Å². The van der Waals surface area contributed by atoms with Crippen LogP contribution in [0.2, 0.25) is 0 Å². The molecule has 0 fully saturated rings. The van der Waals surface area contributed by atoms with Crippen LogP contribution in [0.25, 0.3) is 10.1 Å². The molecule has 0 atom stereocenters. The number of carbonyl (C=O) groups is 1. The number of hydrogen-bond donors (Lipinski definition) is 0. The summed E-state index contributed by atoms with van der Waals surface area (Å²) in [7, 11) is 0. The fraction of sp³-hybridized carbons (Fsp3) is 0.182. The van der Waals surface area contributed by atoms with E-state index in [2.05, 4.69) is 4.74 Å². The summed E-state index contributed by atoms with van der Waals surface area (Å²) < 4.78 is 64.6. The predicted molar refractivity (Wildman–Crippen MR) is 58.2 cm³/mol. The maximum absolute atomic E-state index is 12.6. The number of benzene rings is 1. The summed E-state index contributed by atoms with van der Waals surface area (Å²) in [6, 6.07) is 7.71. The van der Waals surface area contributed by atoms with E-state index in [4.69, 9.17) is 0 Å². The van der Waals surface area contributed by atoms with Crippen molar-refractivity contribution in [1.82, 2.24) is 0 Å². The molecule has 8 heteroatoms. The molecule has 0 unspecified atom stereocenters. The van der Waals surface area contributed by atoms with Crippen LogP contribution in [0, 0.1) is 0 Å². The highest BCUT2D eigenvalue weighted by molar-refractivity contribution is 7.20. The number of alkyl halides is 5. The van der Waals surface area contributed by atoms with Crippen LogP contribution in [0.4, 0.5) is 22.0 Å². The maximum Gasteiger partial charge on any atom is 0.501 e. The lowest BCUT2D eigenvalue weighted by molar-refractivity contribution is -0.370. The second kappa shape index (κ2) is 4.44. The molecule has 0 saturated heterocycles. The molecule has 0 saturated carbocycles. The fourth-order valence-corrected chi connectivity index (χ4v) is 2.25. The van der Waals surface area contributed by atoms with Gasteiger partial charge in [0.25, 0.3) is 0 Å². The van der Waals surface area contributed by atoms with E-state index in [9.17, 15) is 26.7 Å². The van der Waals surface area contributed by atoms with Crippen LogP contribution in [0.3, 0.4) is 0 Å². The number of hydrogen-bond acceptors (Lipinski definition) is 3. The minimum absolute atomic E-state index is 0.315. The largest absolute Gasteiger partial charge is 0.501 e. The third-order valence-corrected chi connectivity index (χ3v) is 3.27. The molecule has 0 aliphatic heterocycles. The number of esters is 1. The number of fused-ring (bicyclic) bond motifs is 1. The van der Waals surface area contributed by atoms with Gasteiger partial charge < -0.3 is 4.74 Å². The lowest BCUT2D eigenvalue weighted by Gasteiger charge is -2.18. The van der Waals surface area contributed by atoms with Crippen molar-refractivity contribution < 1.29 is 31.5 Å². The van der Waals surface area contributed by atoms with Gasteiger partial charge in [0.05, 0.1) is 0 Å². The number of carbonyl (C=O) groups excluding carboxylic acids is 1. The Morgan fingerprint density at radius 3 is 2.32 bits per heavy atom. The van der Waals surface area contributed by atoms with Crippen LogP contribution in [0.1, 0.15) is 9.67 Å². The first-order chi connectivity index (χ1) is 8.71. The normalized spacial score (nSPS) is 12.7. The second-order valence-electron chi connectivity index (χ2n) is 3.55. The van der Waals surface area contributed by atoms with Crippen LogP contribution >= 0.6 is 11.3 Å². The van der Waals surface area contributed by atoms with E-state index in [0.29, 0.717) is 10.1 Å². The van der Waals surface area contributed by atoms with Crippen LogP contribution in [0.5, 0.6) is 0 Å². The Bertz CT molecular complexity index is 584. The minimum atomic E-state index is -5.93. The van der Waals surface area contributed by atoms with Crippen LogP contribution < -0.4 is 0 Å². The topological polar surface area (TPSA) is 26.3 Å². The Morgan fingerprint density at radius 1 is 1.11 bits per heavy atom. The molecule has 0 spiro atoms. The van der Waals surface area contributed by atoms with Crippen molar-refractivity contribution in [2.45, 2.75) is 12.3 Å². The van der Waals surface area contributed by atoms with Gasteiger partial charge >= 0.3 is 18.3 Å². The SMILES string of the molecule is O=C(OC(F)(F)C(F)(F)F)c1cc2ccccc2s1. The van der Waals surface area contributed by atoms with E-state index in [-0.39, 0.29) is 4.88 Å². The first-order valence-corrected chi connectivity index (χ1v) is 5.69. The van der Waals surface area contributed by atoms with Crippen LogP contribution in [-0.2, 0) is 4.74 Å². The van der Waals surface area contributed by atoms with Crippen molar-refractivity contribution in [2.24, 2.45) is 0 Å². The molecule has 1 aromatic heterocycles. The maximum atomic E-state index is 12.6. The molecule has 0 aliphatic rings. The highest BCUT2D eigenvalue weighted by Gasteiger charge is 2.62. The van der Waals surface area contributed by atoms with E-state index in [1.165, 1.54) is 6.07 Å². The van der Waals surface area contributed by atoms with Crippen molar-refractivity contribution in [3.05, 3.63) is 35.2 Å². The monoisotopic (exact) mass is 296 g/mol. The molecular formula is C11H5F5O2S. The van der Waals surface area contributed by atoms with Crippen LogP contribution in [0.15, 0.2) is 30.3 Å². The molecular weight excluding hydrogens is 291 g/mol. The Balaban J connectivity index is 2.25.